The van der Waals surface area contributed by atoms with Gasteiger partial charge in [-0.1, -0.05) is 0 Å². The maximum atomic E-state index is 12.4. The van der Waals surface area contributed by atoms with Crippen LogP contribution >= 0.6 is 23.5 Å². The Bertz CT molecular complexity index is 845. The van der Waals surface area contributed by atoms with Crippen LogP contribution in [0.4, 0.5) is 0 Å². The number of ether oxygens (including phenoxy) is 1. The minimum atomic E-state index is -1.76. The third-order valence-electron chi connectivity index (χ3n) is 4.86. The Morgan fingerprint density at radius 3 is 2.50 bits per heavy atom. The number of carbonyl (C=O) groups excluding carboxylic acids is 3. The van der Waals surface area contributed by atoms with Crippen LogP contribution in [0.25, 0.3) is 0 Å². The highest BCUT2D eigenvalue weighted by Gasteiger charge is 2.67. The largest absolute Gasteiger partial charge is 0.480 e. The lowest BCUT2D eigenvalue weighted by molar-refractivity contribution is -0.150. The first kappa shape index (κ1) is 20.7. The van der Waals surface area contributed by atoms with E-state index in [2.05, 4.69) is 0 Å². The van der Waals surface area contributed by atoms with Crippen LogP contribution in [-0.4, -0.2) is 61.8 Å². The molecule has 2 aliphatic heterocycles. The van der Waals surface area contributed by atoms with E-state index in [1.807, 2.05) is 0 Å². The molecule has 0 spiro atoms. The van der Waals surface area contributed by atoms with Crippen LogP contribution in [0, 0.1) is 0 Å². The number of ketones is 1. The number of carbonyl (C=O) groups is 4. The van der Waals surface area contributed by atoms with Crippen molar-refractivity contribution < 1.29 is 29.0 Å². The molecule has 2 aliphatic rings. The molecule has 0 aliphatic carbocycles. The number of hydrogen-bond acceptors (Lipinski definition) is 8. The van der Waals surface area contributed by atoms with E-state index < -0.39 is 27.3 Å². The highest BCUT2D eigenvalue weighted by atomic mass is 32.2. The van der Waals surface area contributed by atoms with E-state index in [1.165, 1.54) is 24.0 Å². The van der Waals surface area contributed by atoms with E-state index in [1.54, 1.807) is 19.1 Å². The molecule has 1 aromatic carbocycles. The molecule has 3 atom stereocenters. The van der Waals surface area contributed by atoms with Crippen molar-refractivity contribution in [3.05, 3.63) is 29.8 Å². The van der Waals surface area contributed by atoms with E-state index in [0.29, 0.717) is 10.5 Å². The maximum absolute atomic E-state index is 12.4. The summed E-state index contributed by atoms with van der Waals surface area (Å²) in [5.41, 5.74) is 6.71. The average Bonchev–Trinajstić information content (AvgIpc) is 2.64. The van der Waals surface area contributed by atoms with Crippen molar-refractivity contribution in [2.45, 2.75) is 40.2 Å². The molecule has 0 saturated carbocycles. The number of carboxylic acids is 1. The number of aliphatic carboxylic acids is 1. The van der Waals surface area contributed by atoms with Gasteiger partial charge < -0.3 is 20.5 Å². The fraction of sp³-hybridized carbons (Fsp3) is 0.444. The molecule has 10 heteroatoms. The van der Waals surface area contributed by atoms with E-state index in [9.17, 15) is 24.3 Å². The Labute approximate surface area is 170 Å². The van der Waals surface area contributed by atoms with Crippen molar-refractivity contribution in [2.75, 3.05) is 13.2 Å². The van der Waals surface area contributed by atoms with Crippen LogP contribution < -0.4 is 5.73 Å². The summed E-state index contributed by atoms with van der Waals surface area (Å²) in [5, 5.41) is 9.79. The van der Waals surface area contributed by atoms with E-state index in [4.69, 9.17) is 10.5 Å². The summed E-state index contributed by atoms with van der Waals surface area (Å²) in [5.74, 6) is -2.37. The normalized spacial score (nSPS) is 28.9. The van der Waals surface area contributed by atoms with Crippen LogP contribution in [0.15, 0.2) is 29.2 Å². The minimum absolute atomic E-state index is 0.160. The zero-order valence-electron chi connectivity index (χ0n) is 15.3. The second-order valence-electron chi connectivity index (χ2n) is 6.57. The summed E-state index contributed by atoms with van der Waals surface area (Å²) in [4.78, 5) is 48.8. The summed E-state index contributed by atoms with van der Waals surface area (Å²) >= 11 is 1.94. The molecule has 0 aromatic heterocycles. The predicted octanol–water partition coefficient (Wildman–Crippen LogP) is 1.33. The number of Topliss-reactive ketones (excluding diaryl/α,β-unsaturated/α-hetero) is 1. The van der Waals surface area contributed by atoms with Gasteiger partial charge in [0.2, 0.25) is 5.91 Å². The molecule has 2 unspecified atom stereocenters. The first-order chi connectivity index (χ1) is 13.1. The van der Waals surface area contributed by atoms with Gasteiger partial charge in [0.25, 0.3) is 0 Å². The standard InChI is InChI=1S/C18H20N2O6S2/c1-3-26-15(23)11-4-6-12(7-5-11)27-17(16(24)25)9-20-13(22)8-14(20)28-18(17,19)10(2)21/h4-7,14H,3,8-9,19H2,1-2H3,(H,24,25)/t14-,17?,18?/m1/s1. The summed E-state index contributed by atoms with van der Waals surface area (Å²) in [6.07, 6.45) is 0.242. The van der Waals surface area contributed by atoms with Crippen molar-refractivity contribution in [2.24, 2.45) is 5.73 Å². The Morgan fingerprint density at radius 2 is 2.00 bits per heavy atom. The summed E-state index contributed by atoms with van der Waals surface area (Å²) in [7, 11) is 0. The Balaban J connectivity index is 1.96. The number of esters is 1. The number of nitrogens with zero attached hydrogens (tertiary/aromatic N) is 1. The number of thioether (sulfide) groups is 2. The van der Waals surface area contributed by atoms with Crippen LogP contribution in [-0.2, 0) is 19.1 Å². The number of carboxylic acid groups (broad SMARTS) is 1. The third-order valence-corrected chi connectivity index (χ3v) is 8.17. The summed E-state index contributed by atoms with van der Waals surface area (Å²) in [6.45, 7) is 3.05. The van der Waals surface area contributed by atoms with Crippen molar-refractivity contribution in [1.82, 2.24) is 4.90 Å². The second-order valence-corrected chi connectivity index (χ2v) is 9.37. The molecule has 1 aromatic rings. The van der Waals surface area contributed by atoms with Crippen molar-refractivity contribution in [3.8, 4) is 0 Å². The van der Waals surface area contributed by atoms with Gasteiger partial charge in [0.1, 0.15) is 0 Å². The number of rotatable bonds is 6. The maximum Gasteiger partial charge on any atom is 0.338 e. The molecule has 150 valence electrons. The van der Waals surface area contributed by atoms with Gasteiger partial charge in [-0.3, -0.25) is 14.4 Å². The first-order valence-electron chi connectivity index (χ1n) is 8.61. The van der Waals surface area contributed by atoms with E-state index >= 15 is 0 Å². The molecule has 28 heavy (non-hydrogen) atoms. The highest BCUT2D eigenvalue weighted by molar-refractivity contribution is 8.06. The molecule has 0 radical (unpaired) electrons. The molecule has 1 amide bonds. The zero-order valence-corrected chi connectivity index (χ0v) is 17.0. The van der Waals surface area contributed by atoms with Gasteiger partial charge in [0.05, 0.1) is 30.5 Å². The minimum Gasteiger partial charge on any atom is -0.480 e. The van der Waals surface area contributed by atoms with Gasteiger partial charge in [0.15, 0.2) is 15.4 Å². The molecule has 3 N–H and O–H groups in total. The molecule has 8 nitrogen and oxygen atoms in total. The summed E-state index contributed by atoms with van der Waals surface area (Å²) in [6, 6.07) is 6.21. The molecular formula is C18H20N2O6S2. The Morgan fingerprint density at radius 1 is 1.36 bits per heavy atom. The van der Waals surface area contributed by atoms with E-state index in [-0.39, 0.29) is 30.9 Å². The lowest BCUT2D eigenvalue weighted by Crippen LogP contribution is -2.76. The third kappa shape index (κ3) is 3.19. The fourth-order valence-corrected chi connectivity index (χ4v) is 6.22. The van der Waals surface area contributed by atoms with E-state index in [0.717, 1.165) is 23.5 Å². The van der Waals surface area contributed by atoms with Gasteiger partial charge in [-0.25, -0.2) is 4.79 Å². The molecule has 3 rings (SSSR count). The second kappa shape index (κ2) is 7.41. The van der Waals surface area contributed by atoms with Crippen LogP contribution in [0.5, 0.6) is 0 Å². The Kier molecular flexibility index (Phi) is 5.48. The van der Waals surface area contributed by atoms with Gasteiger partial charge in [0, 0.05) is 4.90 Å². The average molecular weight is 425 g/mol. The first-order valence-corrected chi connectivity index (χ1v) is 10.3. The molecule has 2 fully saturated rings. The van der Waals surface area contributed by atoms with Crippen LogP contribution in [0.3, 0.4) is 0 Å². The Hall–Kier alpha value is -2.04. The molecule has 2 heterocycles. The SMILES string of the molecule is CCOC(=O)c1ccc(SC2(C(=O)O)CN3C(=O)C[C@H]3SC2(N)C(C)=O)cc1. The topological polar surface area (TPSA) is 127 Å². The van der Waals surface area contributed by atoms with Crippen molar-refractivity contribution >= 4 is 47.2 Å². The van der Waals surface area contributed by atoms with Gasteiger partial charge in [-0.2, -0.15) is 0 Å². The quantitative estimate of drug-likeness (QED) is 0.513. The molecule has 2 saturated heterocycles. The lowest BCUT2D eigenvalue weighted by atomic mass is 9.92. The van der Waals surface area contributed by atoms with Crippen molar-refractivity contribution in [1.29, 1.82) is 0 Å². The highest BCUT2D eigenvalue weighted by Crippen LogP contribution is 2.54. The monoisotopic (exact) mass is 424 g/mol. The van der Waals surface area contributed by atoms with Crippen LogP contribution in [0.1, 0.15) is 30.6 Å². The van der Waals surface area contributed by atoms with Crippen molar-refractivity contribution in [3.63, 3.8) is 0 Å². The van der Waals surface area contributed by atoms with Gasteiger partial charge in [-0.15, -0.1) is 23.5 Å². The van der Waals surface area contributed by atoms with Gasteiger partial charge in [-0.05, 0) is 38.1 Å². The fourth-order valence-electron chi connectivity index (χ4n) is 3.21. The number of nitrogens with two attached hydrogens (primary N) is 1. The number of amides is 1. The smallest absolute Gasteiger partial charge is 0.338 e. The molecule has 0 bridgehead atoms. The predicted molar refractivity (Wildman–Crippen MR) is 104 cm³/mol. The lowest BCUT2D eigenvalue weighted by Gasteiger charge is -2.56. The van der Waals surface area contributed by atoms with Gasteiger partial charge >= 0.3 is 11.9 Å². The molecular weight excluding hydrogens is 404 g/mol. The number of hydrogen-bond donors (Lipinski definition) is 2. The number of fused-ring (bicyclic) bond motifs is 1. The number of β-lactam (4-membered cyclic amide) rings is 1. The summed E-state index contributed by atoms with van der Waals surface area (Å²) < 4.78 is 3.17. The van der Waals surface area contributed by atoms with Crippen LogP contribution in [0.2, 0.25) is 0 Å². The zero-order chi connectivity index (χ0) is 20.7. The number of benzene rings is 1.